The first kappa shape index (κ1) is 17.4. The molecule has 0 aliphatic carbocycles. The standard InChI is InChI=1S/C17H20N2O6/c1-22-15-7-9-17(23-2,25-15)11-18-14(20)8-10-19-12-5-3-4-6-13(12)24-16(19)21/h3-7,9,15H,8,10-11H2,1-2H3,(H,18,20)/t15-,17+/m0/s1. The van der Waals surface area contributed by atoms with E-state index < -0.39 is 17.8 Å². The van der Waals surface area contributed by atoms with Gasteiger partial charge >= 0.3 is 5.76 Å². The van der Waals surface area contributed by atoms with Crippen LogP contribution in [0.25, 0.3) is 11.1 Å². The average molecular weight is 348 g/mol. The Kier molecular flexibility index (Phi) is 5.03. The summed E-state index contributed by atoms with van der Waals surface area (Å²) in [4.78, 5) is 24.0. The Labute approximate surface area is 144 Å². The average Bonchev–Trinajstić information content (AvgIpc) is 3.19. The van der Waals surface area contributed by atoms with Gasteiger partial charge in [-0.15, -0.1) is 0 Å². The second-order valence-electron chi connectivity index (χ2n) is 5.61. The van der Waals surface area contributed by atoms with Gasteiger partial charge in [0.15, 0.2) is 11.9 Å². The zero-order valence-corrected chi connectivity index (χ0v) is 14.1. The predicted octanol–water partition coefficient (Wildman–Crippen LogP) is 1.00. The maximum Gasteiger partial charge on any atom is 0.419 e. The normalized spacial score (nSPS) is 22.6. The second kappa shape index (κ2) is 7.22. The first-order valence-electron chi connectivity index (χ1n) is 7.87. The third-order valence-corrected chi connectivity index (χ3v) is 4.07. The molecule has 0 radical (unpaired) electrons. The summed E-state index contributed by atoms with van der Waals surface area (Å²) in [5, 5.41) is 2.75. The summed E-state index contributed by atoms with van der Waals surface area (Å²) < 4.78 is 22.6. The van der Waals surface area contributed by atoms with Gasteiger partial charge in [0.1, 0.15) is 0 Å². The molecule has 2 aromatic rings. The lowest BCUT2D eigenvalue weighted by Crippen LogP contribution is -2.44. The highest BCUT2D eigenvalue weighted by molar-refractivity contribution is 5.76. The summed E-state index contributed by atoms with van der Waals surface area (Å²) in [5.41, 5.74) is 1.17. The van der Waals surface area contributed by atoms with Gasteiger partial charge in [-0.05, 0) is 24.3 Å². The quantitative estimate of drug-likeness (QED) is 0.751. The number of carbonyl (C=O) groups excluding carboxylic acids is 1. The summed E-state index contributed by atoms with van der Waals surface area (Å²) in [7, 11) is 3.01. The maximum absolute atomic E-state index is 12.1. The molecule has 1 aliphatic heterocycles. The van der Waals surface area contributed by atoms with Crippen LogP contribution in [-0.2, 0) is 25.5 Å². The van der Waals surface area contributed by atoms with Crippen molar-refractivity contribution in [1.29, 1.82) is 0 Å². The van der Waals surface area contributed by atoms with E-state index >= 15 is 0 Å². The Bertz CT molecular complexity index is 839. The van der Waals surface area contributed by atoms with E-state index in [4.69, 9.17) is 18.6 Å². The van der Waals surface area contributed by atoms with Crippen molar-refractivity contribution < 1.29 is 23.4 Å². The zero-order valence-electron chi connectivity index (χ0n) is 14.1. The number of carbonyl (C=O) groups is 1. The van der Waals surface area contributed by atoms with Crippen molar-refractivity contribution in [3.05, 3.63) is 47.0 Å². The van der Waals surface area contributed by atoms with Crippen LogP contribution in [0.15, 0.2) is 45.6 Å². The molecule has 0 fully saturated rings. The molecule has 1 amide bonds. The number of methoxy groups -OCH3 is 2. The summed E-state index contributed by atoms with van der Waals surface area (Å²) in [6.07, 6.45) is 3.04. The van der Waals surface area contributed by atoms with E-state index in [0.717, 1.165) is 0 Å². The van der Waals surface area contributed by atoms with Gasteiger partial charge < -0.3 is 23.9 Å². The molecule has 0 unspecified atom stereocenters. The van der Waals surface area contributed by atoms with Crippen molar-refractivity contribution >= 4 is 17.0 Å². The topological polar surface area (TPSA) is 91.9 Å². The number of benzene rings is 1. The molecule has 3 rings (SSSR count). The molecular weight excluding hydrogens is 328 g/mol. The molecule has 0 saturated heterocycles. The van der Waals surface area contributed by atoms with E-state index in [2.05, 4.69) is 5.32 Å². The molecule has 1 aliphatic rings. The number of nitrogens with zero attached hydrogens (tertiary/aromatic N) is 1. The fourth-order valence-corrected chi connectivity index (χ4v) is 2.67. The third-order valence-electron chi connectivity index (χ3n) is 4.07. The number of amides is 1. The lowest BCUT2D eigenvalue weighted by Gasteiger charge is -2.27. The van der Waals surface area contributed by atoms with Crippen molar-refractivity contribution in [3.8, 4) is 0 Å². The number of aromatic nitrogens is 1. The number of hydrogen-bond donors (Lipinski definition) is 1. The number of hydrogen-bond acceptors (Lipinski definition) is 6. The molecule has 1 aromatic carbocycles. The predicted molar refractivity (Wildman–Crippen MR) is 88.9 cm³/mol. The lowest BCUT2D eigenvalue weighted by molar-refractivity contribution is -0.239. The largest absolute Gasteiger partial charge is 0.419 e. The Balaban J connectivity index is 1.57. The minimum Gasteiger partial charge on any atom is -0.408 e. The summed E-state index contributed by atoms with van der Waals surface area (Å²) in [6, 6.07) is 7.09. The number of aryl methyl sites for hydroxylation is 1. The van der Waals surface area contributed by atoms with Crippen LogP contribution in [0.1, 0.15) is 6.42 Å². The number of rotatable bonds is 7. The fourth-order valence-electron chi connectivity index (χ4n) is 2.67. The highest BCUT2D eigenvalue weighted by atomic mass is 16.8. The van der Waals surface area contributed by atoms with Crippen LogP contribution in [0.4, 0.5) is 0 Å². The highest BCUT2D eigenvalue weighted by Crippen LogP contribution is 2.24. The Morgan fingerprint density at radius 2 is 2.16 bits per heavy atom. The number of ether oxygens (including phenoxy) is 3. The van der Waals surface area contributed by atoms with Crippen LogP contribution in [0.5, 0.6) is 0 Å². The number of fused-ring (bicyclic) bond motifs is 1. The monoisotopic (exact) mass is 348 g/mol. The Morgan fingerprint density at radius 3 is 2.88 bits per heavy atom. The second-order valence-corrected chi connectivity index (χ2v) is 5.61. The van der Waals surface area contributed by atoms with Gasteiger partial charge in [-0.1, -0.05) is 12.1 Å². The van der Waals surface area contributed by atoms with Crippen molar-refractivity contribution in [2.75, 3.05) is 20.8 Å². The number of para-hydroxylation sites is 2. The zero-order chi connectivity index (χ0) is 17.9. The first-order chi connectivity index (χ1) is 12.1. The van der Waals surface area contributed by atoms with Crippen LogP contribution in [-0.4, -0.2) is 43.3 Å². The molecule has 0 bridgehead atoms. The van der Waals surface area contributed by atoms with Crippen molar-refractivity contribution in [3.63, 3.8) is 0 Å². The van der Waals surface area contributed by atoms with Crippen LogP contribution in [0, 0.1) is 0 Å². The van der Waals surface area contributed by atoms with Crippen molar-refractivity contribution in [2.24, 2.45) is 0 Å². The highest BCUT2D eigenvalue weighted by Gasteiger charge is 2.36. The van der Waals surface area contributed by atoms with Crippen LogP contribution in [0.2, 0.25) is 0 Å². The molecular formula is C17H20N2O6. The molecule has 2 atom stereocenters. The van der Waals surface area contributed by atoms with Gasteiger partial charge in [0.05, 0.1) is 12.1 Å². The molecule has 134 valence electrons. The first-order valence-corrected chi connectivity index (χ1v) is 7.87. The number of nitrogens with one attached hydrogen (secondary N) is 1. The minimum absolute atomic E-state index is 0.126. The third kappa shape index (κ3) is 3.65. The van der Waals surface area contributed by atoms with E-state index in [9.17, 15) is 9.59 Å². The van der Waals surface area contributed by atoms with Crippen molar-refractivity contribution in [1.82, 2.24) is 9.88 Å². The molecule has 8 heteroatoms. The molecule has 2 heterocycles. The summed E-state index contributed by atoms with van der Waals surface area (Å²) in [5.74, 6) is -1.76. The van der Waals surface area contributed by atoms with Gasteiger partial charge in [0.25, 0.3) is 0 Å². The number of oxazole rings is 1. The Morgan fingerprint density at radius 1 is 1.36 bits per heavy atom. The maximum atomic E-state index is 12.1. The lowest BCUT2D eigenvalue weighted by atomic mass is 10.2. The molecule has 1 N–H and O–H groups in total. The van der Waals surface area contributed by atoms with Gasteiger partial charge in [-0.2, -0.15) is 0 Å². The summed E-state index contributed by atoms with van der Waals surface area (Å²) in [6.45, 7) is 0.360. The van der Waals surface area contributed by atoms with Gasteiger partial charge in [-0.25, -0.2) is 4.79 Å². The Hall–Kier alpha value is -2.42. The molecule has 25 heavy (non-hydrogen) atoms. The minimum atomic E-state index is -1.05. The summed E-state index contributed by atoms with van der Waals surface area (Å²) >= 11 is 0. The molecule has 8 nitrogen and oxygen atoms in total. The van der Waals surface area contributed by atoms with Crippen LogP contribution in [0.3, 0.4) is 0 Å². The van der Waals surface area contributed by atoms with Crippen LogP contribution < -0.4 is 11.1 Å². The van der Waals surface area contributed by atoms with Gasteiger partial charge in [0.2, 0.25) is 11.7 Å². The van der Waals surface area contributed by atoms with Crippen molar-refractivity contribution in [2.45, 2.75) is 25.0 Å². The van der Waals surface area contributed by atoms with Crippen LogP contribution >= 0.6 is 0 Å². The van der Waals surface area contributed by atoms with E-state index in [0.29, 0.717) is 11.1 Å². The molecule has 0 spiro atoms. The van der Waals surface area contributed by atoms with E-state index in [1.807, 2.05) is 6.07 Å². The molecule has 0 saturated carbocycles. The molecule has 1 aromatic heterocycles. The SMILES string of the molecule is CO[C@@H]1C=C[C@@](CNC(=O)CCn2c(=O)oc3ccccc32)(OC)O1. The smallest absolute Gasteiger partial charge is 0.408 e. The van der Waals surface area contributed by atoms with Gasteiger partial charge in [-0.3, -0.25) is 9.36 Å². The van der Waals surface area contributed by atoms with E-state index in [1.54, 1.807) is 30.4 Å². The van der Waals surface area contributed by atoms with E-state index in [-0.39, 0.29) is 25.4 Å². The fraction of sp³-hybridized carbons (Fsp3) is 0.412. The van der Waals surface area contributed by atoms with E-state index in [1.165, 1.54) is 18.8 Å². The van der Waals surface area contributed by atoms with Gasteiger partial charge in [0, 0.05) is 27.2 Å².